The Labute approximate surface area is 105 Å². The number of benzene rings is 1. The van der Waals surface area contributed by atoms with Crippen LogP contribution in [0.4, 0.5) is 5.69 Å². The van der Waals surface area contributed by atoms with Gasteiger partial charge in [0.15, 0.2) is 0 Å². The van der Waals surface area contributed by atoms with Gasteiger partial charge in [-0.2, -0.15) is 0 Å². The molecule has 1 aliphatic rings. The maximum Gasteiger partial charge on any atom is 0.135 e. The van der Waals surface area contributed by atoms with Crippen LogP contribution in [0.25, 0.3) is 0 Å². The van der Waals surface area contributed by atoms with Crippen LogP contribution in [-0.4, -0.2) is 31.1 Å². The van der Waals surface area contributed by atoms with Gasteiger partial charge < -0.3 is 10.5 Å². The molecule has 0 unspecified atom stereocenters. The molecule has 1 aromatic rings. The van der Waals surface area contributed by atoms with Crippen LogP contribution in [0.5, 0.6) is 5.75 Å². The van der Waals surface area contributed by atoms with Crippen LogP contribution < -0.4 is 10.5 Å². The average Bonchev–Trinajstić information content (AvgIpc) is 2.76. The first-order valence-corrected chi connectivity index (χ1v) is 6.45. The lowest BCUT2D eigenvalue weighted by Gasteiger charge is -2.15. The number of halogens is 1. The van der Waals surface area contributed by atoms with Gasteiger partial charge in [0.25, 0.3) is 0 Å². The van der Waals surface area contributed by atoms with Crippen LogP contribution in [0, 0.1) is 0 Å². The zero-order valence-corrected chi connectivity index (χ0v) is 10.9. The van der Waals surface area contributed by atoms with Crippen LogP contribution in [-0.2, 0) is 0 Å². The molecule has 1 aliphatic heterocycles. The summed E-state index contributed by atoms with van der Waals surface area (Å²) in [5.74, 6) is 0.833. The Kier molecular flexibility index (Phi) is 4.07. The molecule has 0 amide bonds. The van der Waals surface area contributed by atoms with E-state index in [-0.39, 0.29) is 0 Å². The van der Waals surface area contributed by atoms with Gasteiger partial charge in [-0.3, -0.25) is 4.90 Å². The molecule has 0 radical (unpaired) electrons. The van der Waals surface area contributed by atoms with Gasteiger partial charge in [0.05, 0.1) is 4.47 Å². The van der Waals surface area contributed by atoms with Crippen molar-refractivity contribution in [3.8, 4) is 5.75 Å². The van der Waals surface area contributed by atoms with Gasteiger partial charge in [-0.25, -0.2) is 0 Å². The molecule has 0 saturated carbocycles. The zero-order valence-electron chi connectivity index (χ0n) is 9.29. The highest BCUT2D eigenvalue weighted by atomic mass is 79.9. The molecule has 0 spiro atoms. The number of rotatable bonds is 4. The van der Waals surface area contributed by atoms with Crippen molar-refractivity contribution in [2.45, 2.75) is 12.8 Å². The predicted octanol–water partition coefficient (Wildman–Crippen LogP) is 2.51. The quantitative estimate of drug-likeness (QED) is 0.864. The first kappa shape index (κ1) is 11.7. The summed E-state index contributed by atoms with van der Waals surface area (Å²) in [6.07, 6.45) is 2.64. The normalized spacial score (nSPS) is 16.6. The molecule has 4 heteroatoms. The molecule has 0 atom stereocenters. The van der Waals surface area contributed by atoms with Crippen molar-refractivity contribution in [2.24, 2.45) is 0 Å². The van der Waals surface area contributed by atoms with Crippen molar-refractivity contribution in [3.05, 3.63) is 22.7 Å². The smallest absolute Gasteiger partial charge is 0.135 e. The monoisotopic (exact) mass is 284 g/mol. The summed E-state index contributed by atoms with van der Waals surface area (Å²) < 4.78 is 6.67. The van der Waals surface area contributed by atoms with Gasteiger partial charge >= 0.3 is 0 Å². The molecule has 2 N–H and O–H groups in total. The third-order valence-electron chi connectivity index (χ3n) is 2.82. The van der Waals surface area contributed by atoms with Crippen LogP contribution in [0.2, 0.25) is 0 Å². The van der Waals surface area contributed by atoms with E-state index in [1.165, 1.54) is 25.9 Å². The molecule has 88 valence electrons. The fourth-order valence-corrected chi connectivity index (χ4v) is 2.28. The van der Waals surface area contributed by atoms with Crippen LogP contribution in [0.3, 0.4) is 0 Å². The van der Waals surface area contributed by atoms with Gasteiger partial charge in [-0.15, -0.1) is 0 Å². The van der Waals surface area contributed by atoms with Crippen molar-refractivity contribution in [3.63, 3.8) is 0 Å². The Hall–Kier alpha value is -0.740. The van der Waals surface area contributed by atoms with Crippen molar-refractivity contribution in [1.82, 2.24) is 4.90 Å². The second kappa shape index (κ2) is 5.55. The fourth-order valence-electron chi connectivity index (χ4n) is 1.92. The van der Waals surface area contributed by atoms with E-state index >= 15 is 0 Å². The highest BCUT2D eigenvalue weighted by molar-refractivity contribution is 9.10. The van der Waals surface area contributed by atoms with Crippen molar-refractivity contribution in [2.75, 3.05) is 32.0 Å². The maximum atomic E-state index is 5.71. The summed E-state index contributed by atoms with van der Waals surface area (Å²) in [5.41, 5.74) is 6.45. The average molecular weight is 285 g/mol. The number of hydrogen-bond acceptors (Lipinski definition) is 3. The minimum Gasteiger partial charge on any atom is -0.491 e. The lowest BCUT2D eigenvalue weighted by atomic mass is 10.3. The summed E-state index contributed by atoms with van der Waals surface area (Å²) in [7, 11) is 0. The van der Waals surface area contributed by atoms with Crippen molar-refractivity contribution in [1.29, 1.82) is 0 Å². The van der Waals surface area contributed by atoms with Crippen molar-refractivity contribution >= 4 is 21.6 Å². The Balaban J connectivity index is 1.82. The lowest BCUT2D eigenvalue weighted by Crippen LogP contribution is -2.25. The molecule has 2 rings (SSSR count). The van der Waals surface area contributed by atoms with Crippen LogP contribution in [0.15, 0.2) is 22.7 Å². The topological polar surface area (TPSA) is 38.5 Å². The molecular weight excluding hydrogens is 268 g/mol. The lowest BCUT2D eigenvalue weighted by molar-refractivity contribution is 0.237. The van der Waals surface area contributed by atoms with Crippen LogP contribution >= 0.6 is 15.9 Å². The number of nitrogens with two attached hydrogens (primary N) is 1. The third-order valence-corrected chi connectivity index (χ3v) is 3.47. The molecule has 1 saturated heterocycles. The Morgan fingerprint density at radius 1 is 1.31 bits per heavy atom. The van der Waals surface area contributed by atoms with Gasteiger partial charge in [0.2, 0.25) is 0 Å². The zero-order chi connectivity index (χ0) is 11.4. The SMILES string of the molecule is Nc1ccc(Br)c(OCCN2CCCC2)c1. The predicted molar refractivity (Wildman–Crippen MR) is 69.7 cm³/mol. The van der Waals surface area contributed by atoms with E-state index in [1.807, 2.05) is 18.2 Å². The maximum absolute atomic E-state index is 5.71. The molecule has 1 aromatic carbocycles. The minimum atomic E-state index is 0.724. The van der Waals surface area contributed by atoms with E-state index in [0.717, 1.165) is 29.1 Å². The number of likely N-dealkylation sites (tertiary alicyclic amines) is 1. The number of anilines is 1. The van der Waals surface area contributed by atoms with E-state index in [4.69, 9.17) is 10.5 Å². The van der Waals surface area contributed by atoms with E-state index in [9.17, 15) is 0 Å². The van der Waals surface area contributed by atoms with E-state index in [0.29, 0.717) is 0 Å². The second-order valence-corrected chi connectivity index (χ2v) is 4.94. The van der Waals surface area contributed by atoms with E-state index < -0.39 is 0 Å². The summed E-state index contributed by atoms with van der Waals surface area (Å²) in [6.45, 7) is 4.15. The standard InChI is InChI=1S/C12H17BrN2O/c13-11-4-3-10(14)9-12(11)16-8-7-15-5-1-2-6-15/h3-4,9H,1-2,5-8,14H2. The third kappa shape index (κ3) is 3.12. The summed E-state index contributed by atoms with van der Waals surface area (Å²) >= 11 is 3.45. The molecule has 3 nitrogen and oxygen atoms in total. The Bertz CT molecular complexity index is 351. The molecule has 0 aliphatic carbocycles. The largest absolute Gasteiger partial charge is 0.491 e. The van der Waals surface area contributed by atoms with Gasteiger partial charge in [0, 0.05) is 18.3 Å². The Morgan fingerprint density at radius 3 is 2.81 bits per heavy atom. The number of hydrogen-bond donors (Lipinski definition) is 1. The Morgan fingerprint density at radius 2 is 2.06 bits per heavy atom. The van der Waals surface area contributed by atoms with E-state index in [2.05, 4.69) is 20.8 Å². The summed E-state index contributed by atoms with van der Waals surface area (Å²) in [4.78, 5) is 2.43. The number of nitrogens with zero attached hydrogens (tertiary/aromatic N) is 1. The highest BCUT2D eigenvalue weighted by Gasteiger charge is 2.11. The van der Waals surface area contributed by atoms with Gasteiger partial charge in [0.1, 0.15) is 12.4 Å². The van der Waals surface area contributed by atoms with E-state index in [1.54, 1.807) is 0 Å². The van der Waals surface area contributed by atoms with Gasteiger partial charge in [-0.05, 0) is 54.0 Å². The van der Waals surface area contributed by atoms with Crippen LogP contribution in [0.1, 0.15) is 12.8 Å². The van der Waals surface area contributed by atoms with Gasteiger partial charge in [-0.1, -0.05) is 0 Å². The number of ether oxygens (including phenoxy) is 1. The molecule has 1 heterocycles. The van der Waals surface area contributed by atoms with Crippen molar-refractivity contribution < 1.29 is 4.74 Å². The summed E-state index contributed by atoms with van der Waals surface area (Å²) in [5, 5.41) is 0. The molecule has 16 heavy (non-hydrogen) atoms. The molecule has 0 aromatic heterocycles. The highest BCUT2D eigenvalue weighted by Crippen LogP contribution is 2.26. The second-order valence-electron chi connectivity index (χ2n) is 4.09. The molecule has 0 bridgehead atoms. The number of nitrogen functional groups attached to an aromatic ring is 1. The molecule has 1 fully saturated rings. The summed E-state index contributed by atoms with van der Waals surface area (Å²) in [6, 6.07) is 5.63. The molecular formula is C12H17BrN2O. The first-order valence-electron chi connectivity index (χ1n) is 5.66. The first-order chi connectivity index (χ1) is 7.75. The fraction of sp³-hybridized carbons (Fsp3) is 0.500. The minimum absolute atomic E-state index is 0.724.